The van der Waals surface area contributed by atoms with Crippen LogP contribution in [0.15, 0.2) is 16.7 Å². The van der Waals surface area contributed by atoms with Crippen molar-refractivity contribution < 1.29 is 14.4 Å². The largest absolute Gasteiger partial charge is 0.365 e. The minimum atomic E-state index is -1.34. The second kappa shape index (κ2) is 5.52. The predicted octanol–water partition coefficient (Wildman–Crippen LogP) is 1.60. The van der Waals surface area contributed by atoms with Gasteiger partial charge in [0.2, 0.25) is 11.8 Å². The number of fused-ring (bicyclic) bond motifs is 4. The standard InChI is InChI=1S/C17H19BrN4O3/c1-8-5-9(2)13-17(14(23)20-16(25)21-15(17)24)6-10-11(22(13)7-8)3-4-12(18)19-10/h3-4,8-9,13H,5-7H2,1-2H3,(H2,20,21,23,24,25)/t8?,9-,13-/m1/s1. The second-order valence-electron chi connectivity index (χ2n) is 7.40. The van der Waals surface area contributed by atoms with E-state index in [9.17, 15) is 14.4 Å². The topological polar surface area (TPSA) is 91.4 Å². The van der Waals surface area contributed by atoms with Crippen LogP contribution in [0.4, 0.5) is 10.5 Å². The number of carbonyl (C=O) groups is 3. The number of nitrogens with zero attached hydrogens (tertiary/aromatic N) is 2. The Morgan fingerprint density at radius 2 is 1.88 bits per heavy atom. The molecule has 7 nitrogen and oxygen atoms in total. The van der Waals surface area contributed by atoms with Gasteiger partial charge in [-0.25, -0.2) is 9.78 Å². The van der Waals surface area contributed by atoms with Gasteiger partial charge in [0.1, 0.15) is 4.60 Å². The first-order valence-electron chi connectivity index (χ1n) is 8.42. The molecular weight excluding hydrogens is 388 g/mol. The number of amides is 4. The van der Waals surface area contributed by atoms with Crippen LogP contribution in [0.25, 0.3) is 0 Å². The van der Waals surface area contributed by atoms with E-state index >= 15 is 0 Å². The third kappa shape index (κ3) is 2.30. The first kappa shape index (κ1) is 16.5. The maximum atomic E-state index is 12.9. The lowest BCUT2D eigenvalue weighted by Crippen LogP contribution is -2.73. The average Bonchev–Trinajstić information content (AvgIpc) is 2.51. The van der Waals surface area contributed by atoms with Crippen LogP contribution in [0.1, 0.15) is 26.0 Å². The molecule has 4 amide bonds. The van der Waals surface area contributed by atoms with Crippen LogP contribution in [0.3, 0.4) is 0 Å². The number of anilines is 1. The number of nitrogens with one attached hydrogen (secondary N) is 2. The van der Waals surface area contributed by atoms with Crippen molar-refractivity contribution in [1.82, 2.24) is 15.6 Å². The Morgan fingerprint density at radius 3 is 2.56 bits per heavy atom. The lowest BCUT2D eigenvalue weighted by Gasteiger charge is -2.55. The molecule has 0 aromatic carbocycles. The fourth-order valence-corrected chi connectivity index (χ4v) is 5.16. The number of imide groups is 2. The van der Waals surface area contributed by atoms with Crippen molar-refractivity contribution in [2.75, 3.05) is 11.4 Å². The van der Waals surface area contributed by atoms with E-state index in [1.165, 1.54) is 0 Å². The Kier molecular flexibility index (Phi) is 3.64. The van der Waals surface area contributed by atoms with Crippen molar-refractivity contribution in [3.05, 3.63) is 22.4 Å². The van der Waals surface area contributed by atoms with E-state index in [1.54, 1.807) is 0 Å². The zero-order chi connectivity index (χ0) is 17.9. The van der Waals surface area contributed by atoms with E-state index in [4.69, 9.17) is 0 Å². The van der Waals surface area contributed by atoms with Gasteiger partial charge in [0, 0.05) is 13.0 Å². The molecule has 132 valence electrons. The maximum Gasteiger partial charge on any atom is 0.328 e. The minimum absolute atomic E-state index is 0.130. The summed E-state index contributed by atoms with van der Waals surface area (Å²) in [5.41, 5.74) is 0.329. The summed E-state index contributed by atoms with van der Waals surface area (Å²) in [6.45, 7) is 5.00. The van der Waals surface area contributed by atoms with Gasteiger partial charge in [-0.3, -0.25) is 20.2 Å². The van der Waals surface area contributed by atoms with Gasteiger partial charge in [0.25, 0.3) is 0 Å². The van der Waals surface area contributed by atoms with Crippen LogP contribution >= 0.6 is 15.9 Å². The fourth-order valence-electron chi connectivity index (χ4n) is 4.82. The number of carbonyl (C=O) groups excluding carboxylic acids is 3. The number of halogens is 1. The SMILES string of the molecule is CC1C[C@@H](C)[C@H]2N(C1)c1ccc(Br)nc1CC21C(=O)NC(=O)NC1=O. The third-order valence-electron chi connectivity index (χ3n) is 5.60. The van der Waals surface area contributed by atoms with Crippen LogP contribution in [0.2, 0.25) is 0 Å². The Balaban J connectivity index is 1.92. The second-order valence-corrected chi connectivity index (χ2v) is 8.21. The molecule has 2 saturated heterocycles. The summed E-state index contributed by atoms with van der Waals surface area (Å²) in [5, 5.41) is 4.61. The molecule has 1 aromatic rings. The van der Waals surface area contributed by atoms with Crippen LogP contribution < -0.4 is 15.5 Å². The lowest BCUT2D eigenvalue weighted by atomic mass is 9.63. The van der Waals surface area contributed by atoms with Crippen molar-refractivity contribution in [2.24, 2.45) is 17.3 Å². The quantitative estimate of drug-likeness (QED) is 0.504. The molecule has 1 spiro atoms. The first-order valence-corrected chi connectivity index (χ1v) is 9.21. The predicted molar refractivity (Wildman–Crippen MR) is 93.8 cm³/mol. The summed E-state index contributed by atoms with van der Waals surface area (Å²) in [4.78, 5) is 44.1. The van der Waals surface area contributed by atoms with Gasteiger partial charge < -0.3 is 4.90 Å². The van der Waals surface area contributed by atoms with Crippen molar-refractivity contribution in [1.29, 1.82) is 0 Å². The molecule has 2 fully saturated rings. The van der Waals surface area contributed by atoms with E-state index in [1.807, 2.05) is 12.1 Å². The number of piperidine rings is 1. The minimum Gasteiger partial charge on any atom is -0.365 e. The molecular formula is C17H19BrN4O3. The normalized spacial score (nSPS) is 30.4. The summed E-state index contributed by atoms with van der Waals surface area (Å²) in [6.07, 6.45) is 1.11. The molecule has 0 aliphatic carbocycles. The molecule has 4 rings (SSSR count). The summed E-state index contributed by atoms with van der Waals surface area (Å²) in [6, 6.07) is 2.81. The van der Waals surface area contributed by atoms with E-state index in [0.29, 0.717) is 16.2 Å². The van der Waals surface area contributed by atoms with Crippen LogP contribution in [-0.4, -0.2) is 35.4 Å². The molecule has 3 aliphatic rings. The average molecular weight is 407 g/mol. The molecule has 0 saturated carbocycles. The maximum absolute atomic E-state index is 12.9. The summed E-state index contributed by atoms with van der Waals surface area (Å²) < 4.78 is 0.658. The molecule has 0 bridgehead atoms. The van der Waals surface area contributed by atoms with Crippen molar-refractivity contribution in [3.8, 4) is 0 Å². The zero-order valence-electron chi connectivity index (χ0n) is 14.0. The number of pyridine rings is 1. The van der Waals surface area contributed by atoms with Gasteiger partial charge in [-0.15, -0.1) is 0 Å². The van der Waals surface area contributed by atoms with Gasteiger partial charge in [0.05, 0.1) is 17.4 Å². The molecule has 0 radical (unpaired) electrons. The summed E-state index contributed by atoms with van der Waals surface area (Å²) in [7, 11) is 0. The third-order valence-corrected chi connectivity index (χ3v) is 6.04. The van der Waals surface area contributed by atoms with Gasteiger partial charge in [0.15, 0.2) is 5.41 Å². The molecule has 25 heavy (non-hydrogen) atoms. The number of hydrogen-bond acceptors (Lipinski definition) is 5. The van der Waals surface area contributed by atoms with Crippen LogP contribution in [-0.2, 0) is 16.0 Å². The highest BCUT2D eigenvalue weighted by molar-refractivity contribution is 9.10. The molecule has 1 aromatic heterocycles. The van der Waals surface area contributed by atoms with Gasteiger partial charge in [-0.2, -0.15) is 0 Å². The number of hydrogen-bond donors (Lipinski definition) is 2. The Hall–Kier alpha value is -1.96. The van der Waals surface area contributed by atoms with E-state index < -0.39 is 23.3 Å². The smallest absolute Gasteiger partial charge is 0.328 e. The monoisotopic (exact) mass is 406 g/mol. The fraction of sp³-hybridized carbons (Fsp3) is 0.529. The highest BCUT2D eigenvalue weighted by Crippen LogP contribution is 2.48. The van der Waals surface area contributed by atoms with E-state index in [-0.39, 0.29) is 18.4 Å². The van der Waals surface area contributed by atoms with Gasteiger partial charge in [-0.05, 0) is 46.3 Å². The highest BCUT2D eigenvalue weighted by atomic mass is 79.9. The Morgan fingerprint density at radius 1 is 1.20 bits per heavy atom. The van der Waals surface area contributed by atoms with Crippen molar-refractivity contribution in [3.63, 3.8) is 0 Å². The van der Waals surface area contributed by atoms with Gasteiger partial charge >= 0.3 is 6.03 Å². The van der Waals surface area contributed by atoms with Crippen molar-refractivity contribution >= 4 is 39.5 Å². The zero-order valence-corrected chi connectivity index (χ0v) is 15.6. The summed E-state index contributed by atoms with van der Waals surface area (Å²) in [5.74, 6) is -0.477. The molecule has 8 heteroatoms. The number of barbiturate groups is 1. The first-order chi connectivity index (χ1) is 11.8. The lowest BCUT2D eigenvalue weighted by molar-refractivity contribution is -0.148. The number of aromatic nitrogens is 1. The summed E-state index contributed by atoms with van der Waals surface area (Å²) >= 11 is 3.37. The van der Waals surface area contributed by atoms with Crippen molar-refractivity contribution in [2.45, 2.75) is 32.7 Å². The highest BCUT2D eigenvalue weighted by Gasteiger charge is 2.62. The van der Waals surface area contributed by atoms with Gasteiger partial charge in [-0.1, -0.05) is 13.8 Å². The van der Waals surface area contributed by atoms with E-state index in [2.05, 4.69) is 50.3 Å². The molecule has 4 heterocycles. The molecule has 2 N–H and O–H groups in total. The number of rotatable bonds is 0. The van der Waals surface area contributed by atoms with Crippen LogP contribution in [0.5, 0.6) is 0 Å². The molecule has 1 unspecified atom stereocenters. The van der Waals surface area contributed by atoms with E-state index in [0.717, 1.165) is 18.7 Å². The Bertz CT molecular complexity index is 776. The molecule has 3 atom stereocenters. The number of urea groups is 1. The molecule has 3 aliphatic heterocycles. The van der Waals surface area contributed by atoms with Crippen LogP contribution in [0, 0.1) is 17.3 Å². The Labute approximate surface area is 153 Å².